The van der Waals surface area contributed by atoms with Crippen molar-refractivity contribution in [1.29, 1.82) is 0 Å². The summed E-state index contributed by atoms with van der Waals surface area (Å²) in [6.07, 6.45) is 0. The van der Waals surface area contributed by atoms with Crippen molar-refractivity contribution >= 4 is 86.2 Å². The number of nitrogens with zero attached hydrogens (tertiary/aromatic N) is 6. The molecule has 0 aromatic carbocycles. The van der Waals surface area contributed by atoms with E-state index in [1.165, 1.54) is 0 Å². The minimum atomic E-state index is -10.7. The molecule has 58 heavy (non-hydrogen) atoms. The van der Waals surface area contributed by atoms with Crippen LogP contribution in [0, 0.1) is 0 Å². The topological polar surface area (TPSA) is 77.3 Å². The van der Waals surface area contributed by atoms with Gasteiger partial charge in [-0.3, -0.25) is 0 Å². The summed E-state index contributed by atoms with van der Waals surface area (Å²) in [5.74, 6) is 0. The third-order valence-electron chi connectivity index (χ3n) is 5.44. The van der Waals surface area contributed by atoms with Crippen LogP contribution in [0.2, 0.25) is 0 Å². The summed E-state index contributed by atoms with van der Waals surface area (Å²) in [5.41, 5.74) is 0. The molecule has 0 amide bonds. The van der Waals surface area contributed by atoms with Gasteiger partial charge in [0.25, 0.3) is 0 Å². The number of pyridine rings is 6. The number of halogens is 12. The fraction of sp³-hybridized carbons (Fsp3) is 0. The molecule has 0 saturated heterocycles. The zero-order valence-corrected chi connectivity index (χ0v) is 36.1. The molecule has 2 aliphatic rings. The van der Waals surface area contributed by atoms with E-state index in [1.54, 1.807) is 70.6 Å². The Bertz CT molecular complexity index is 1870. The van der Waals surface area contributed by atoms with E-state index in [-0.39, 0.29) is 34.1 Å². The minimum Gasteiger partial charge on any atom is -0.234 e. The minimum absolute atomic E-state index is 0. The average molecular weight is 1070 g/mol. The van der Waals surface area contributed by atoms with Crippen LogP contribution in [0.3, 0.4) is 0 Å². The molecule has 28 heteroatoms. The molecule has 12 bridgehead atoms. The van der Waals surface area contributed by atoms with E-state index in [4.69, 9.17) is 0 Å². The summed E-state index contributed by atoms with van der Waals surface area (Å²) in [6.45, 7) is 0. The van der Waals surface area contributed by atoms with Crippen molar-refractivity contribution in [1.82, 2.24) is 29.9 Å². The quantitative estimate of drug-likeness (QED) is 0.0824. The Balaban J connectivity index is 0.000000230. The predicted octanol–water partition coefficient (Wildman–Crippen LogP) is 16.0. The fourth-order valence-electron chi connectivity index (χ4n) is 3.70. The SMILES string of the molecule is F[P-](F)(F)(F)(F)F.F[P-](F)(F)(F)(F)F.[Cu+].[Cu+].c1cc2nc(c1)Sc1cccc(n1)Sc1cccc(n1)S2.c1cc2nc(c1)Sc1cccc(n1)Sc1cccc(n1)S2. The molecule has 0 saturated carbocycles. The maximum absolute atomic E-state index is 10.7. The van der Waals surface area contributed by atoms with Crippen LogP contribution >= 0.6 is 86.2 Å². The summed E-state index contributed by atoms with van der Waals surface area (Å²) in [6, 6.07) is 36.2. The van der Waals surface area contributed by atoms with Crippen molar-refractivity contribution < 1.29 is 84.5 Å². The second-order valence-corrected chi connectivity index (χ2v) is 20.5. The van der Waals surface area contributed by atoms with Crippen LogP contribution in [-0.2, 0) is 34.1 Å². The first-order chi connectivity index (χ1) is 25.6. The first-order valence-electron chi connectivity index (χ1n) is 14.6. The molecule has 2 aliphatic heterocycles. The van der Waals surface area contributed by atoms with Crippen LogP contribution in [-0.4, -0.2) is 29.9 Å². The number of fused-ring (bicyclic) bond motifs is 12. The van der Waals surface area contributed by atoms with Gasteiger partial charge in [-0.05, 0) is 72.8 Å². The van der Waals surface area contributed by atoms with Gasteiger partial charge in [0.15, 0.2) is 0 Å². The molecule has 0 unspecified atom stereocenters. The van der Waals surface area contributed by atoms with E-state index in [1.807, 2.05) is 109 Å². The molecule has 6 aromatic rings. The Morgan fingerprint density at radius 1 is 0.241 bits per heavy atom. The van der Waals surface area contributed by atoms with Crippen LogP contribution in [0.4, 0.5) is 50.4 Å². The molecule has 0 N–H and O–H groups in total. The number of hydrogen-bond acceptors (Lipinski definition) is 12. The molecule has 0 radical (unpaired) electrons. The van der Waals surface area contributed by atoms with E-state index >= 15 is 0 Å². The van der Waals surface area contributed by atoms with Gasteiger partial charge in [-0.1, -0.05) is 107 Å². The van der Waals surface area contributed by atoms with Crippen molar-refractivity contribution in [2.24, 2.45) is 0 Å². The summed E-state index contributed by atoms with van der Waals surface area (Å²) in [4.78, 5) is 27.9. The fourth-order valence-corrected chi connectivity index (χ4v) is 8.82. The standard InChI is InChI=1S/2C15H9N3S3.2Cu.2F6P/c2*1-4-10-16-11(5-1)20-13-7-3-9-15(18-13)21-14-8-2-6-12(17-14)19-10;;;2*1-7(2,3,4,5)6/h2*1-9H;;;;/q;;2*+1;2*-1. The number of rotatable bonds is 0. The van der Waals surface area contributed by atoms with Gasteiger partial charge in [-0.25, -0.2) is 29.9 Å². The van der Waals surface area contributed by atoms with Gasteiger partial charge in [-0.2, -0.15) is 0 Å². The van der Waals surface area contributed by atoms with E-state index < -0.39 is 15.6 Å². The molecule has 320 valence electrons. The zero-order chi connectivity index (χ0) is 41.0. The van der Waals surface area contributed by atoms with Gasteiger partial charge in [-0.15, -0.1) is 0 Å². The molecule has 0 atom stereocenters. The van der Waals surface area contributed by atoms with Crippen molar-refractivity contribution in [2.45, 2.75) is 60.3 Å². The summed E-state index contributed by atoms with van der Waals surface area (Å²) in [7, 11) is -21.3. The van der Waals surface area contributed by atoms with Crippen LogP contribution in [0.1, 0.15) is 0 Å². The van der Waals surface area contributed by atoms with Crippen molar-refractivity contribution in [3.63, 3.8) is 0 Å². The van der Waals surface area contributed by atoms with Gasteiger partial charge in [0.1, 0.15) is 60.3 Å². The largest absolute Gasteiger partial charge is 1.00 e. The van der Waals surface area contributed by atoms with Gasteiger partial charge < -0.3 is 0 Å². The molecular weight excluding hydrogens is 1050 g/mol. The van der Waals surface area contributed by atoms with E-state index in [0.717, 1.165) is 60.3 Å². The summed E-state index contributed by atoms with van der Waals surface area (Å²) >= 11 is 9.50. The van der Waals surface area contributed by atoms with Crippen molar-refractivity contribution in [2.75, 3.05) is 0 Å². The van der Waals surface area contributed by atoms with Gasteiger partial charge in [0, 0.05) is 0 Å². The molecule has 0 fully saturated rings. The van der Waals surface area contributed by atoms with E-state index in [0.29, 0.717) is 0 Å². The van der Waals surface area contributed by atoms with E-state index in [2.05, 4.69) is 29.9 Å². The van der Waals surface area contributed by atoms with Crippen molar-refractivity contribution in [3.8, 4) is 0 Å². The monoisotopic (exact) mass is 1070 g/mol. The average Bonchev–Trinajstić information content (AvgIpc) is 3.03. The maximum atomic E-state index is 9.87. The van der Waals surface area contributed by atoms with E-state index in [9.17, 15) is 50.4 Å². The van der Waals surface area contributed by atoms with Crippen molar-refractivity contribution in [3.05, 3.63) is 109 Å². The normalized spacial score (nSPS) is 15.1. The second-order valence-electron chi connectivity index (χ2n) is 10.4. The summed E-state index contributed by atoms with van der Waals surface area (Å²) < 4.78 is 118. The first kappa shape index (κ1) is 50.4. The molecule has 0 spiro atoms. The van der Waals surface area contributed by atoms with Crippen LogP contribution in [0.25, 0.3) is 0 Å². The number of hydrogen-bond donors (Lipinski definition) is 0. The number of aromatic nitrogens is 6. The second kappa shape index (κ2) is 18.2. The Kier molecular flexibility index (Phi) is 15.8. The van der Waals surface area contributed by atoms with Crippen LogP contribution in [0.5, 0.6) is 0 Å². The van der Waals surface area contributed by atoms with Gasteiger partial charge >= 0.3 is 100 Å². The maximum Gasteiger partial charge on any atom is 1.00 e. The molecule has 6 nitrogen and oxygen atoms in total. The molecule has 8 rings (SSSR count). The summed E-state index contributed by atoms with van der Waals surface area (Å²) in [5, 5.41) is 11.4. The Morgan fingerprint density at radius 3 is 0.414 bits per heavy atom. The zero-order valence-electron chi connectivity index (χ0n) is 27.6. The Morgan fingerprint density at radius 2 is 0.328 bits per heavy atom. The smallest absolute Gasteiger partial charge is 0.234 e. The third kappa shape index (κ3) is 22.6. The van der Waals surface area contributed by atoms with Gasteiger partial charge in [0.2, 0.25) is 0 Å². The molecule has 8 heterocycles. The Labute approximate surface area is 367 Å². The van der Waals surface area contributed by atoms with Gasteiger partial charge in [0.05, 0.1) is 0 Å². The third-order valence-corrected chi connectivity index (χ3v) is 10.7. The molecular formula is C30H18Cu2F12N6P2S6. The Hall–Kier alpha value is -1.94. The molecule has 6 aromatic heterocycles. The van der Waals surface area contributed by atoms with Crippen LogP contribution in [0.15, 0.2) is 170 Å². The predicted molar refractivity (Wildman–Crippen MR) is 197 cm³/mol. The first-order valence-corrected chi connectivity index (χ1v) is 23.6. The molecule has 0 aliphatic carbocycles. The van der Waals surface area contributed by atoms with Crippen LogP contribution < -0.4 is 0 Å².